The second kappa shape index (κ2) is 6.19. The van der Waals surface area contributed by atoms with Crippen LogP contribution >= 0.6 is 11.8 Å². The first-order valence-corrected chi connectivity index (χ1v) is 6.56. The monoisotopic (exact) mass is 223 g/mol. The molecule has 0 saturated heterocycles. The summed E-state index contributed by atoms with van der Waals surface area (Å²) in [5, 5.41) is 0.643. The molecule has 2 N–H and O–H groups in total. The van der Waals surface area contributed by atoms with Crippen LogP contribution in [0, 0.1) is 6.92 Å². The van der Waals surface area contributed by atoms with Crippen LogP contribution in [0.4, 0.5) is 0 Å². The van der Waals surface area contributed by atoms with E-state index in [4.69, 9.17) is 5.73 Å². The third-order valence-corrected chi connectivity index (χ3v) is 3.73. The van der Waals surface area contributed by atoms with Gasteiger partial charge in [0.1, 0.15) is 0 Å². The third-order valence-electron chi connectivity index (χ3n) is 2.49. The van der Waals surface area contributed by atoms with Gasteiger partial charge in [-0.2, -0.15) is 11.8 Å². The van der Waals surface area contributed by atoms with E-state index in [9.17, 15) is 0 Å². The predicted molar refractivity (Wildman–Crippen MR) is 70.2 cm³/mol. The van der Waals surface area contributed by atoms with E-state index in [-0.39, 0.29) is 0 Å². The van der Waals surface area contributed by atoms with E-state index < -0.39 is 0 Å². The molecule has 0 heterocycles. The number of thioether (sulfide) groups is 1. The first kappa shape index (κ1) is 12.6. The van der Waals surface area contributed by atoms with Crippen molar-refractivity contribution >= 4 is 11.8 Å². The Kier molecular flexibility index (Phi) is 5.20. The van der Waals surface area contributed by atoms with Crippen molar-refractivity contribution in [3.05, 3.63) is 35.4 Å². The van der Waals surface area contributed by atoms with Crippen LogP contribution in [0.15, 0.2) is 24.3 Å². The zero-order valence-corrected chi connectivity index (χ0v) is 10.7. The molecule has 0 amide bonds. The maximum Gasteiger partial charge on any atom is 0.0189 e. The molecule has 1 aromatic rings. The maximum absolute atomic E-state index is 5.78. The van der Waals surface area contributed by atoms with Gasteiger partial charge in [-0.05, 0) is 31.4 Å². The molecule has 84 valence electrons. The smallest absolute Gasteiger partial charge is 0.0189 e. The molecule has 2 unspecified atom stereocenters. The normalized spacial score (nSPS) is 14.9. The van der Waals surface area contributed by atoms with Crippen LogP contribution in [0.3, 0.4) is 0 Å². The molecule has 2 atom stereocenters. The van der Waals surface area contributed by atoms with Crippen molar-refractivity contribution in [1.82, 2.24) is 0 Å². The molecule has 1 nitrogen and oxygen atoms in total. The average Bonchev–Trinajstić information content (AvgIpc) is 2.15. The van der Waals surface area contributed by atoms with Gasteiger partial charge in [0.2, 0.25) is 0 Å². The van der Waals surface area contributed by atoms with E-state index in [0.717, 1.165) is 12.2 Å². The Morgan fingerprint density at radius 3 is 2.53 bits per heavy atom. The highest BCUT2D eigenvalue weighted by Gasteiger charge is 2.06. The van der Waals surface area contributed by atoms with Gasteiger partial charge in [0.15, 0.2) is 0 Å². The highest BCUT2D eigenvalue weighted by molar-refractivity contribution is 7.99. The Morgan fingerprint density at radius 2 is 1.93 bits per heavy atom. The van der Waals surface area contributed by atoms with Gasteiger partial charge in [-0.15, -0.1) is 0 Å². The lowest BCUT2D eigenvalue weighted by atomic mass is 10.1. The number of aryl methyl sites for hydroxylation is 1. The summed E-state index contributed by atoms with van der Waals surface area (Å²) < 4.78 is 0. The largest absolute Gasteiger partial charge is 0.328 e. The first-order chi connectivity index (χ1) is 7.09. The third kappa shape index (κ3) is 4.72. The van der Waals surface area contributed by atoms with Crippen molar-refractivity contribution in [2.75, 3.05) is 0 Å². The van der Waals surface area contributed by atoms with Crippen LogP contribution in [0.25, 0.3) is 0 Å². The molecule has 15 heavy (non-hydrogen) atoms. The lowest BCUT2D eigenvalue weighted by Crippen LogP contribution is -2.19. The molecule has 2 heteroatoms. The summed E-state index contributed by atoms with van der Waals surface area (Å²) in [5.74, 6) is 1.10. The lowest BCUT2D eigenvalue weighted by Gasteiger charge is -2.14. The minimum atomic E-state index is 0.310. The number of rotatable bonds is 5. The highest BCUT2D eigenvalue weighted by atomic mass is 32.2. The molecule has 0 saturated carbocycles. The average molecular weight is 223 g/mol. The number of hydrogen-bond acceptors (Lipinski definition) is 2. The minimum absolute atomic E-state index is 0.310. The molecular weight excluding hydrogens is 202 g/mol. The van der Waals surface area contributed by atoms with Gasteiger partial charge in [-0.3, -0.25) is 0 Å². The second-order valence-corrected chi connectivity index (χ2v) is 5.69. The zero-order chi connectivity index (χ0) is 11.3. The van der Waals surface area contributed by atoms with Gasteiger partial charge in [-0.25, -0.2) is 0 Å². The Balaban J connectivity index is 2.40. The van der Waals surface area contributed by atoms with E-state index in [1.165, 1.54) is 11.1 Å². The Bertz CT molecular complexity index is 296. The Hall–Kier alpha value is -0.470. The van der Waals surface area contributed by atoms with E-state index in [1.54, 1.807) is 0 Å². The molecule has 0 aliphatic rings. The number of hydrogen-bond donors (Lipinski definition) is 1. The SMILES string of the molecule is Cc1ccccc1CSC(C)CC(C)N. The molecule has 0 aliphatic carbocycles. The predicted octanol–water partition coefficient (Wildman–Crippen LogP) is 3.35. The fourth-order valence-electron chi connectivity index (χ4n) is 1.60. The molecule has 1 aromatic carbocycles. The Labute approximate surface area is 97.4 Å². The number of nitrogens with two attached hydrogens (primary N) is 1. The summed E-state index contributed by atoms with van der Waals surface area (Å²) >= 11 is 1.99. The van der Waals surface area contributed by atoms with Crippen LogP contribution < -0.4 is 5.73 Å². The van der Waals surface area contributed by atoms with E-state index in [2.05, 4.69) is 45.0 Å². The van der Waals surface area contributed by atoms with Gasteiger partial charge >= 0.3 is 0 Å². The quantitative estimate of drug-likeness (QED) is 0.828. The van der Waals surface area contributed by atoms with E-state index >= 15 is 0 Å². The summed E-state index contributed by atoms with van der Waals surface area (Å²) in [6, 6.07) is 8.89. The maximum atomic E-state index is 5.78. The van der Waals surface area contributed by atoms with E-state index in [0.29, 0.717) is 11.3 Å². The molecule has 0 aliphatic heterocycles. The fourth-order valence-corrected chi connectivity index (χ4v) is 2.82. The number of benzene rings is 1. The molecule has 0 bridgehead atoms. The van der Waals surface area contributed by atoms with Crippen LogP contribution in [0.1, 0.15) is 31.4 Å². The van der Waals surface area contributed by atoms with Gasteiger partial charge in [0.05, 0.1) is 0 Å². The van der Waals surface area contributed by atoms with Crippen LogP contribution in [-0.2, 0) is 5.75 Å². The van der Waals surface area contributed by atoms with Gasteiger partial charge in [0, 0.05) is 17.0 Å². The summed E-state index contributed by atoms with van der Waals surface area (Å²) in [4.78, 5) is 0. The zero-order valence-electron chi connectivity index (χ0n) is 9.86. The van der Waals surface area contributed by atoms with Crippen LogP contribution in [0.5, 0.6) is 0 Å². The standard InChI is InChI=1S/C13H21NS/c1-10-6-4-5-7-13(10)9-15-12(3)8-11(2)14/h4-7,11-12H,8-9,14H2,1-3H3. The molecule has 0 aromatic heterocycles. The topological polar surface area (TPSA) is 26.0 Å². The summed E-state index contributed by atoms with van der Waals surface area (Å²) in [5.41, 5.74) is 8.61. The summed E-state index contributed by atoms with van der Waals surface area (Å²) in [7, 11) is 0. The second-order valence-electron chi connectivity index (χ2n) is 4.26. The van der Waals surface area contributed by atoms with E-state index in [1.807, 2.05) is 11.8 Å². The van der Waals surface area contributed by atoms with Crippen molar-refractivity contribution < 1.29 is 0 Å². The van der Waals surface area contributed by atoms with Crippen molar-refractivity contribution in [3.63, 3.8) is 0 Å². The van der Waals surface area contributed by atoms with Gasteiger partial charge < -0.3 is 5.73 Å². The van der Waals surface area contributed by atoms with Gasteiger partial charge in [-0.1, -0.05) is 31.2 Å². The van der Waals surface area contributed by atoms with Crippen molar-refractivity contribution in [3.8, 4) is 0 Å². The highest BCUT2D eigenvalue weighted by Crippen LogP contribution is 2.22. The molecule has 1 rings (SSSR count). The van der Waals surface area contributed by atoms with Gasteiger partial charge in [0.25, 0.3) is 0 Å². The summed E-state index contributed by atoms with van der Waals surface area (Å²) in [6.45, 7) is 6.50. The molecule has 0 spiro atoms. The van der Waals surface area contributed by atoms with Crippen LogP contribution in [0.2, 0.25) is 0 Å². The van der Waals surface area contributed by atoms with Crippen molar-refractivity contribution in [1.29, 1.82) is 0 Å². The van der Waals surface area contributed by atoms with Crippen molar-refractivity contribution in [2.24, 2.45) is 5.73 Å². The molecule has 0 radical (unpaired) electrons. The van der Waals surface area contributed by atoms with Crippen molar-refractivity contribution in [2.45, 2.75) is 44.2 Å². The van der Waals surface area contributed by atoms with Crippen LogP contribution in [-0.4, -0.2) is 11.3 Å². The Morgan fingerprint density at radius 1 is 1.27 bits per heavy atom. The lowest BCUT2D eigenvalue weighted by molar-refractivity contribution is 0.663. The molecular formula is C13H21NS. The fraction of sp³-hybridized carbons (Fsp3) is 0.538. The minimum Gasteiger partial charge on any atom is -0.328 e. The summed E-state index contributed by atoms with van der Waals surface area (Å²) in [6.07, 6.45) is 1.09. The first-order valence-electron chi connectivity index (χ1n) is 5.51. The molecule has 0 fully saturated rings.